The normalized spacial score (nSPS) is 44.8. The molecule has 40 heavy (non-hydrogen) atoms. The SMILES string of the molecule is CC(=O)O[C@@H]1[C@H]2[C@](C)(O)[C@H](OC(C)=O)C=C[C@@]2(C)[C@@H](OC(C)=O)[C@H](OC(C)=O)C/C(C)=C\[C@@H]2OC(=O)C3(C)O[C@]213. The van der Waals surface area contributed by atoms with Crippen LogP contribution in [0.5, 0.6) is 0 Å². The zero-order valence-electron chi connectivity index (χ0n) is 23.8. The van der Waals surface area contributed by atoms with Gasteiger partial charge in [-0.2, -0.15) is 0 Å². The summed E-state index contributed by atoms with van der Waals surface area (Å²) < 4.78 is 34.7. The van der Waals surface area contributed by atoms with Crippen molar-refractivity contribution >= 4 is 29.8 Å². The molecular formula is C28H36O12. The Labute approximate surface area is 231 Å². The van der Waals surface area contributed by atoms with E-state index in [0.29, 0.717) is 5.57 Å². The molecule has 2 heterocycles. The van der Waals surface area contributed by atoms with Gasteiger partial charge in [0.15, 0.2) is 17.3 Å². The van der Waals surface area contributed by atoms with Crippen molar-refractivity contribution in [2.24, 2.45) is 11.3 Å². The highest BCUT2D eigenvalue weighted by Gasteiger charge is 2.88. The van der Waals surface area contributed by atoms with Crippen LogP contribution in [0.4, 0.5) is 0 Å². The second-order valence-electron chi connectivity index (χ2n) is 11.6. The molecule has 12 heteroatoms. The Morgan fingerprint density at radius 3 is 1.98 bits per heavy atom. The monoisotopic (exact) mass is 564 g/mol. The molecule has 220 valence electrons. The summed E-state index contributed by atoms with van der Waals surface area (Å²) in [6, 6.07) is 0. The Hall–Kier alpha value is -3.25. The Bertz CT molecular complexity index is 1200. The van der Waals surface area contributed by atoms with Gasteiger partial charge in [-0.15, -0.1) is 0 Å². The highest BCUT2D eigenvalue weighted by atomic mass is 16.7. The van der Waals surface area contributed by atoms with Gasteiger partial charge in [0.25, 0.3) is 0 Å². The van der Waals surface area contributed by atoms with E-state index in [4.69, 9.17) is 28.4 Å². The van der Waals surface area contributed by atoms with Crippen LogP contribution in [0.2, 0.25) is 0 Å². The van der Waals surface area contributed by atoms with Gasteiger partial charge in [0.05, 0.1) is 0 Å². The maximum atomic E-state index is 13.1. The number of ether oxygens (including phenoxy) is 6. The predicted molar refractivity (Wildman–Crippen MR) is 134 cm³/mol. The Kier molecular flexibility index (Phi) is 7.20. The third-order valence-electron chi connectivity index (χ3n) is 8.46. The summed E-state index contributed by atoms with van der Waals surface area (Å²) >= 11 is 0. The predicted octanol–water partition coefficient (Wildman–Crippen LogP) is 1.46. The third-order valence-corrected chi connectivity index (χ3v) is 8.46. The summed E-state index contributed by atoms with van der Waals surface area (Å²) in [5.74, 6) is -4.71. The smallest absolute Gasteiger partial charge is 0.342 e. The summed E-state index contributed by atoms with van der Waals surface area (Å²) in [4.78, 5) is 62.4. The van der Waals surface area contributed by atoms with Crippen molar-refractivity contribution < 1.29 is 57.5 Å². The molecule has 2 fully saturated rings. The summed E-state index contributed by atoms with van der Waals surface area (Å²) in [6.45, 7) is 11.0. The van der Waals surface area contributed by atoms with Gasteiger partial charge in [-0.05, 0) is 32.9 Å². The van der Waals surface area contributed by atoms with Crippen LogP contribution in [-0.4, -0.2) is 82.3 Å². The first-order valence-electron chi connectivity index (χ1n) is 13.1. The Morgan fingerprint density at radius 2 is 1.45 bits per heavy atom. The van der Waals surface area contributed by atoms with Crippen LogP contribution in [0, 0.1) is 11.3 Å². The highest BCUT2D eigenvalue weighted by Crippen LogP contribution is 2.65. The van der Waals surface area contributed by atoms with Crippen molar-refractivity contribution in [3.63, 3.8) is 0 Å². The lowest BCUT2D eigenvalue weighted by Gasteiger charge is -2.55. The molecule has 0 radical (unpaired) electrons. The number of epoxide rings is 1. The lowest BCUT2D eigenvalue weighted by molar-refractivity contribution is -0.227. The standard InChI is InChI=1S/C28H36O12/c1-13-11-18(35-14(2)29)22(37-16(4)31)25(6)10-9-19(36-15(3)30)26(7,34)21(25)23(38-17(5)32)28-20(12-13)39-24(33)27(28,8)40-28/h9-10,12,18-23,34H,11H2,1-8H3/b13-12-/t18-,19-,20+,21-,22+,23-,25-,26-,27?,28-/m1/s1. The molecule has 2 saturated heterocycles. The van der Waals surface area contributed by atoms with Crippen LogP contribution >= 0.6 is 0 Å². The Morgan fingerprint density at radius 1 is 0.900 bits per heavy atom. The van der Waals surface area contributed by atoms with Gasteiger partial charge >= 0.3 is 29.8 Å². The molecule has 0 aromatic carbocycles. The fourth-order valence-electron chi connectivity index (χ4n) is 6.88. The maximum Gasteiger partial charge on any atom is 0.342 e. The van der Waals surface area contributed by atoms with Crippen molar-refractivity contribution in [2.75, 3.05) is 0 Å². The minimum atomic E-state index is -2.00. The van der Waals surface area contributed by atoms with Crippen molar-refractivity contribution in [1.82, 2.24) is 0 Å². The molecule has 4 rings (SSSR count). The molecule has 0 bridgehead atoms. The van der Waals surface area contributed by atoms with Crippen molar-refractivity contribution in [2.45, 2.75) is 109 Å². The molecular weight excluding hydrogens is 528 g/mol. The van der Waals surface area contributed by atoms with Crippen LogP contribution in [0.25, 0.3) is 0 Å². The van der Waals surface area contributed by atoms with Crippen LogP contribution in [0.15, 0.2) is 23.8 Å². The molecule has 0 amide bonds. The molecule has 0 saturated carbocycles. The molecule has 1 unspecified atom stereocenters. The molecule has 1 N–H and O–H groups in total. The molecule has 2 aliphatic carbocycles. The summed E-state index contributed by atoms with van der Waals surface area (Å²) in [6.07, 6.45) is -1.23. The molecule has 10 atom stereocenters. The third kappa shape index (κ3) is 4.50. The average Bonchev–Trinajstić information content (AvgIpc) is 3.38. The average molecular weight is 565 g/mol. The first-order valence-corrected chi connectivity index (χ1v) is 13.1. The van der Waals surface area contributed by atoms with E-state index in [-0.39, 0.29) is 6.42 Å². The van der Waals surface area contributed by atoms with E-state index < -0.39 is 88.5 Å². The Balaban J connectivity index is 2.06. The molecule has 4 aliphatic rings. The number of carbonyl (C=O) groups is 5. The van der Waals surface area contributed by atoms with E-state index in [1.54, 1.807) is 26.0 Å². The number of carbonyl (C=O) groups excluding carboxylic acids is 5. The minimum absolute atomic E-state index is 0.0717. The largest absolute Gasteiger partial charge is 0.459 e. The summed E-state index contributed by atoms with van der Waals surface area (Å²) in [5, 5.41) is 12.2. The molecule has 0 aromatic heterocycles. The van der Waals surface area contributed by atoms with E-state index in [0.717, 1.165) is 0 Å². The van der Waals surface area contributed by atoms with Gasteiger partial charge in [-0.25, -0.2) is 4.79 Å². The fourth-order valence-corrected chi connectivity index (χ4v) is 6.88. The van der Waals surface area contributed by atoms with Gasteiger partial charge in [-0.1, -0.05) is 18.6 Å². The second-order valence-corrected chi connectivity index (χ2v) is 11.6. The molecule has 12 nitrogen and oxygen atoms in total. The van der Waals surface area contributed by atoms with Crippen LogP contribution < -0.4 is 0 Å². The van der Waals surface area contributed by atoms with Gasteiger partial charge in [0.1, 0.15) is 30.0 Å². The van der Waals surface area contributed by atoms with Crippen LogP contribution in [0.3, 0.4) is 0 Å². The lowest BCUT2D eigenvalue weighted by atomic mass is 9.55. The second kappa shape index (κ2) is 9.69. The minimum Gasteiger partial charge on any atom is -0.459 e. The number of rotatable bonds is 4. The van der Waals surface area contributed by atoms with Gasteiger partial charge in [0.2, 0.25) is 0 Å². The number of hydrogen-bond acceptors (Lipinski definition) is 12. The number of fused-ring (bicyclic) bond motifs is 1. The number of esters is 5. The van der Waals surface area contributed by atoms with Crippen LogP contribution in [-0.2, 0) is 52.4 Å². The maximum absolute atomic E-state index is 13.1. The molecule has 2 aliphatic heterocycles. The highest BCUT2D eigenvalue weighted by molar-refractivity contribution is 5.89. The zero-order valence-corrected chi connectivity index (χ0v) is 23.8. The van der Waals surface area contributed by atoms with E-state index in [9.17, 15) is 29.1 Å². The van der Waals surface area contributed by atoms with Gasteiger partial charge in [-0.3, -0.25) is 19.2 Å². The number of aliphatic hydroxyl groups is 1. The number of hydrogen-bond donors (Lipinski definition) is 1. The lowest BCUT2D eigenvalue weighted by Crippen LogP contribution is -2.68. The zero-order chi connectivity index (χ0) is 30.0. The first kappa shape index (κ1) is 29.7. The van der Waals surface area contributed by atoms with E-state index in [2.05, 4.69) is 0 Å². The van der Waals surface area contributed by atoms with E-state index in [1.807, 2.05) is 0 Å². The van der Waals surface area contributed by atoms with Gasteiger partial charge < -0.3 is 33.5 Å². The summed E-state index contributed by atoms with van der Waals surface area (Å²) in [5.41, 5.74) is -5.93. The van der Waals surface area contributed by atoms with Crippen molar-refractivity contribution in [1.29, 1.82) is 0 Å². The fraction of sp³-hybridized carbons (Fsp3) is 0.679. The quantitative estimate of drug-likeness (QED) is 0.227. The topological polar surface area (TPSA) is 164 Å². The first-order chi connectivity index (χ1) is 18.4. The van der Waals surface area contributed by atoms with E-state index >= 15 is 0 Å². The molecule has 0 aromatic rings. The van der Waals surface area contributed by atoms with Crippen molar-refractivity contribution in [3.8, 4) is 0 Å². The van der Waals surface area contributed by atoms with Gasteiger partial charge in [0, 0.05) is 45.4 Å². The molecule has 1 spiro atoms. The van der Waals surface area contributed by atoms with Crippen molar-refractivity contribution in [3.05, 3.63) is 23.8 Å². The van der Waals surface area contributed by atoms with Crippen LogP contribution in [0.1, 0.15) is 61.8 Å². The summed E-state index contributed by atoms with van der Waals surface area (Å²) in [7, 11) is 0. The van der Waals surface area contributed by atoms with E-state index in [1.165, 1.54) is 47.6 Å².